The fraction of sp³-hybridized carbons (Fsp3) is 0.538. The first-order valence-electron chi connectivity index (χ1n) is 6.09. The van der Waals surface area contributed by atoms with Crippen LogP contribution in [0.25, 0.3) is 0 Å². The van der Waals surface area contributed by atoms with E-state index in [1.165, 1.54) is 25.7 Å². The average Bonchev–Trinajstić information content (AvgIpc) is 3.03. The van der Waals surface area contributed by atoms with E-state index in [9.17, 15) is 0 Å². The minimum atomic E-state index is 0.714. The lowest BCUT2D eigenvalue weighted by Gasteiger charge is -2.34. The van der Waals surface area contributed by atoms with Crippen LogP contribution >= 0.6 is 0 Å². The number of nitrogen functional groups attached to an aromatic ring is 1. The lowest BCUT2D eigenvalue weighted by molar-refractivity contribution is 0.384. The lowest BCUT2D eigenvalue weighted by Crippen LogP contribution is -2.35. The third-order valence-corrected chi connectivity index (χ3v) is 4.18. The topological polar surface area (TPSA) is 29.3 Å². The standard InChI is InChI=1S/C13H17BN2/c14-10-1-2-11(15)12(9-10)16-7-5-13(3-4-13)6-8-16/h1-2,9H,3-8,15H2. The number of piperidine rings is 1. The molecule has 1 aliphatic carbocycles. The molecule has 3 heteroatoms. The van der Waals surface area contributed by atoms with Gasteiger partial charge in [0.1, 0.15) is 7.85 Å². The minimum absolute atomic E-state index is 0.714. The van der Waals surface area contributed by atoms with Crippen molar-refractivity contribution in [2.75, 3.05) is 23.7 Å². The highest BCUT2D eigenvalue weighted by Crippen LogP contribution is 2.54. The molecule has 1 aromatic rings. The second-order valence-corrected chi connectivity index (χ2v) is 5.31. The molecule has 1 aromatic carbocycles. The Hall–Kier alpha value is -1.12. The summed E-state index contributed by atoms with van der Waals surface area (Å²) in [5, 5.41) is 0. The van der Waals surface area contributed by atoms with Crippen LogP contribution in [0, 0.1) is 5.41 Å². The first kappa shape index (κ1) is 10.1. The quantitative estimate of drug-likeness (QED) is 0.563. The van der Waals surface area contributed by atoms with Crippen molar-refractivity contribution in [3.8, 4) is 0 Å². The van der Waals surface area contributed by atoms with Crippen LogP contribution in [0.4, 0.5) is 11.4 Å². The zero-order valence-corrected chi connectivity index (χ0v) is 9.58. The maximum Gasteiger partial charge on any atom is 0.113 e. The first-order valence-corrected chi connectivity index (χ1v) is 6.09. The summed E-state index contributed by atoms with van der Waals surface area (Å²) in [7, 11) is 5.82. The molecule has 1 spiro atoms. The van der Waals surface area contributed by atoms with Crippen molar-refractivity contribution in [2.45, 2.75) is 25.7 Å². The molecule has 2 fully saturated rings. The van der Waals surface area contributed by atoms with Crippen molar-refractivity contribution in [3.63, 3.8) is 0 Å². The summed E-state index contributed by atoms with van der Waals surface area (Å²) in [6, 6.07) is 5.78. The summed E-state index contributed by atoms with van der Waals surface area (Å²) in [5.41, 5.74) is 9.49. The van der Waals surface area contributed by atoms with E-state index in [-0.39, 0.29) is 0 Å². The number of rotatable bonds is 1. The minimum Gasteiger partial charge on any atom is -0.397 e. The molecule has 1 aliphatic heterocycles. The molecule has 2 nitrogen and oxygen atoms in total. The fourth-order valence-corrected chi connectivity index (χ4v) is 2.73. The van der Waals surface area contributed by atoms with Crippen LogP contribution < -0.4 is 16.1 Å². The number of hydrogen-bond donors (Lipinski definition) is 1. The van der Waals surface area contributed by atoms with Gasteiger partial charge in [-0.1, -0.05) is 11.5 Å². The van der Waals surface area contributed by atoms with Gasteiger partial charge in [0.05, 0.1) is 11.4 Å². The van der Waals surface area contributed by atoms with Gasteiger partial charge >= 0.3 is 0 Å². The molecule has 1 heterocycles. The van der Waals surface area contributed by atoms with Crippen LogP contribution in [-0.4, -0.2) is 20.9 Å². The first-order chi connectivity index (χ1) is 7.69. The molecule has 2 aliphatic rings. The second kappa shape index (κ2) is 3.44. The molecule has 16 heavy (non-hydrogen) atoms. The molecule has 0 aromatic heterocycles. The zero-order valence-electron chi connectivity index (χ0n) is 9.58. The molecule has 0 bridgehead atoms. The number of hydrogen-bond acceptors (Lipinski definition) is 2. The van der Waals surface area contributed by atoms with Crippen LogP contribution in [-0.2, 0) is 0 Å². The third kappa shape index (κ3) is 1.68. The van der Waals surface area contributed by atoms with Gasteiger partial charge in [-0.3, -0.25) is 0 Å². The van der Waals surface area contributed by atoms with Gasteiger partial charge in [0.15, 0.2) is 0 Å². The van der Waals surface area contributed by atoms with Gasteiger partial charge in [0.2, 0.25) is 0 Å². The Morgan fingerprint density at radius 1 is 1.12 bits per heavy atom. The van der Waals surface area contributed by atoms with E-state index in [4.69, 9.17) is 13.6 Å². The van der Waals surface area contributed by atoms with E-state index in [0.29, 0.717) is 5.41 Å². The Labute approximate surface area is 98.2 Å². The monoisotopic (exact) mass is 212 g/mol. The summed E-state index contributed by atoms with van der Waals surface area (Å²) in [4.78, 5) is 2.38. The number of benzene rings is 1. The highest BCUT2D eigenvalue weighted by Gasteiger charge is 2.44. The van der Waals surface area contributed by atoms with Gasteiger partial charge in [-0.15, -0.1) is 0 Å². The SMILES string of the molecule is [B]c1ccc(N)c(N2CCC3(CC2)CC3)c1. The van der Waals surface area contributed by atoms with Gasteiger partial charge in [-0.2, -0.15) is 0 Å². The number of nitrogens with two attached hydrogens (primary N) is 1. The van der Waals surface area contributed by atoms with E-state index >= 15 is 0 Å². The lowest BCUT2D eigenvalue weighted by atomic mass is 9.91. The van der Waals surface area contributed by atoms with Crippen molar-refractivity contribution < 1.29 is 0 Å². The second-order valence-electron chi connectivity index (χ2n) is 5.31. The van der Waals surface area contributed by atoms with E-state index in [1.807, 2.05) is 18.2 Å². The predicted molar refractivity (Wildman–Crippen MR) is 69.4 cm³/mol. The molecular formula is C13H17BN2. The van der Waals surface area contributed by atoms with Crippen molar-refractivity contribution in [1.82, 2.24) is 0 Å². The fourth-order valence-electron chi connectivity index (χ4n) is 2.73. The van der Waals surface area contributed by atoms with Crippen molar-refractivity contribution in [2.24, 2.45) is 5.41 Å². The molecule has 0 atom stereocenters. The molecule has 0 unspecified atom stereocenters. The Bertz CT molecular complexity index is 402. The summed E-state index contributed by atoms with van der Waals surface area (Å²) in [5.74, 6) is 0. The van der Waals surface area contributed by atoms with Gasteiger partial charge in [0.25, 0.3) is 0 Å². The maximum absolute atomic E-state index is 6.01. The molecular weight excluding hydrogens is 195 g/mol. The Morgan fingerprint density at radius 2 is 1.81 bits per heavy atom. The molecule has 1 saturated carbocycles. The summed E-state index contributed by atoms with van der Waals surface area (Å²) in [6.45, 7) is 2.27. The van der Waals surface area contributed by atoms with Crippen LogP contribution in [0.2, 0.25) is 0 Å². The molecule has 1 saturated heterocycles. The van der Waals surface area contributed by atoms with Gasteiger partial charge < -0.3 is 10.6 Å². The highest BCUT2D eigenvalue weighted by atomic mass is 15.1. The van der Waals surface area contributed by atoms with Crippen molar-refractivity contribution in [1.29, 1.82) is 0 Å². The van der Waals surface area contributed by atoms with E-state index in [0.717, 1.165) is 29.9 Å². The van der Waals surface area contributed by atoms with Gasteiger partial charge in [0, 0.05) is 13.1 Å². The summed E-state index contributed by atoms with van der Waals surface area (Å²) >= 11 is 0. The summed E-state index contributed by atoms with van der Waals surface area (Å²) in [6.07, 6.45) is 5.52. The molecule has 2 N–H and O–H groups in total. The average molecular weight is 212 g/mol. The van der Waals surface area contributed by atoms with Crippen molar-refractivity contribution >= 4 is 24.7 Å². The Balaban J connectivity index is 1.79. The predicted octanol–water partition coefficient (Wildman–Crippen LogP) is 1.44. The van der Waals surface area contributed by atoms with Crippen LogP contribution in [0.15, 0.2) is 18.2 Å². The Kier molecular flexibility index (Phi) is 2.16. The van der Waals surface area contributed by atoms with Crippen LogP contribution in [0.1, 0.15) is 25.7 Å². The highest BCUT2D eigenvalue weighted by molar-refractivity contribution is 6.32. The number of nitrogens with zero attached hydrogens (tertiary/aromatic N) is 1. The van der Waals surface area contributed by atoms with Gasteiger partial charge in [-0.05, 0) is 43.2 Å². The number of anilines is 2. The van der Waals surface area contributed by atoms with E-state index < -0.39 is 0 Å². The Morgan fingerprint density at radius 3 is 2.44 bits per heavy atom. The maximum atomic E-state index is 6.01. The molecule has 82 valence electrons. The third-order valence-electron chi connectivity index (χ3n) is 4.18. The van der Waals surface area contributed by atoms with Crippen molar-refractivity contribution in [3.05, 3.63) is 18.2 Å². The van der Waals surface area contributed by atoms with E-state index in [1.54, 1.807) is 0 Å². The molecule has 0 amide bonds. The normalized spacial score (nSPS) is 22.4. The largest absolute Gasteiger partial charge is 0.397 e. The summed E-state index contributed by atoms with van der Waals surface area (Å²) < 4.78 is 0. The smallest absolute Gasteiger partial charge is 0.113 e. The zero-order chi connectivity index (χ0) is 11.2. The molecule has 2 radical (unpaired) electrons. The van der Waals surface area contributed by atoms with Gasteiger partial charge in [-0.25, -0.2) is 0 Å². The van der Waals surface area contributed by atoms with E-state index in [2.05, 4.69) is 4.90 Å². The van der Waals surface area contributed by atoms with Crippen LogP contribution in [0.3, 0.4) is 0 Å². The molecule has 3 rings (SSSR count). The van der Waals surface area contributed by atoms with Crippen LogP contribution in [0.5, 0.6) is 0 Å².